The zero-order valence-electron chi connectivity index (χ0n) is 18.4. The maximum atomic E-state index is 12.5. The van der Waals surface area contributed by atoms with Crippen molar-refractivity contribution in [3.8, 4) is 5.75 Å². The van der Waals surface area contributed by atoms with Crippen LogP contribution < -0.4 is 9.46 Å². The van der Waals surface area contributed by atoms with Crippen molar-refractivity contribution < 1.29 is 22.7 Å². The molecule has 1 heterocycles. The largest absolute Gasteiger partial charge is 0.487 e. The number of pyridine rings is 1. The molecule has 0 unspecified atom stereocenters. The molecule has 0 aliphatic rings. The van der Waals surface area contributed by atoms with Crippen LogP contribution in [0.2, 0.25) is 0 Å². The summed E-state index contributed by atoms with van der Waals surface area (Å²) in [5.41, 5.74) is 1.63. The number of nitrogens with zero attached hydrogens (tertiary/aromatic N) is 1. The highest BCUT2D eigenvalue weighted by atomic mass is 32.2. The van der Waals surface area contributed by atoms with Gasteiger partial charge < -0.3 is 9.47 Å². The molecule has 0 bridgehead atoms. The third kappa shape index (κ3) is 6.40. The van der Waals surface area contributed by atoms with Crippen LogP contribution in [-0.2, 0) is 32.8 Å². The van der Waals surface area contributed by atoms with E-state index in [2.05, 4.69) is 9.71 Å². The molecular formula is C26H24N2O5S. The first-order valence-corrected chi connectivity index (χ1v) is 12.2. The topological polar surface area (TPSA) is 94.6 Å². The normalized spacial score (nSPS) is 11.3. The van der Waals surface area contributed by atoms with Crippen LogP contribution in [0.15, 0.2) is 96.0 Å². The molecule has 0 aliphatic heterocycles. The third-order valence-corrected chi connectivity index (χ3v) is 6.55. The Morgan fingerprint density at radius 2 is 1.62 bits per heavy atom. The van der Waals surface area contributed by atoms with Crippen molar-refractivity contribution in [3.05, 3.63) is 102 Å². The summed E-state index contributed by atoms with van der Waals surface area (Å²) in [6.07, 6.45) is 1.64. The van der Waals surface area contributed by atoms with Gasteiger partial charge in [0.25, 0.3) is 0 Å². The number of carbonyl (C=O) groups excluding carboxylic acids is 1. The predicted molar refractivity (Wildman–Crippen MR) is 129 cm³/mol. The highest BCUT2D eigenvalue weighted by Gasteiger charge is 2.15. The summed E-state index contributed by atoms with van der Waals surface area (Å²) in [6, 6.07) is 25.3. The van der Waals surface area contributed by atoms with Crippen molar-refractivity contribution in [3.63, 3.8) is 0 Å². The van der Waals surface area contributed by atoms with E-state index in [-0.39, 0.29) is 24.5 Å². The summed E-state index contributed by atoms with van der Waals surface area (Å²) in [5, 5.41) is 1.79. The van der Waals surface area contributed by atoms with Gasteiger partial charge in [0.05, 0.1) is 17.0 Å². The summed E-state index contributed by atoms with van der Waals surface area (Å²) in [7, 11) is -3.72. The number of hydrogen-bond donors (Lipinski definition) is 1. The van der Waals surface area contributed by atoms with Crippen LogP contribution in [-0.4, -0.2) is 25.9 Å². The van der Waals surface area contributed by atoms with Gasteiger partial charge in [0.1, 0.15) is 19.0 Å². The minimum absolute atomic E-state index is 0.0473. The molecule has 0 atom stereocenters. The summed E-state index contributed by atoms with van der Waals surface area (Å²) in [5.74, 6) is 0.195. The smallest absolute Gasteiger partial charge is 0.307 e. The van der Waals surface area contributed by atoms with Gasteiger partial charge in [-0.3, -0.25) is 9.78 Å². The first-order chi connectivity index (χ1) is 16.5. The van der Waals surface area contributed by atoms with Gasteiger partial charge >= 0.3 is 5.97 Å². The van der Waals surface area contributed by atoms with Crippen molar-refractivity contribution in [2.45, 2.75) is 24.5 Å². The van der Waals surface area contributed by atoms with E-state index in [1.807, 2.05) is 54.6 Å². The number of hydrogen-bond acceptors (Lipinski definition) is 6. The van der Waals surface area contributed by atoms with Gasteiger partial charge in [0, 0.05) is 12.7 Å². The van der Waals surface area contributed by atoms with Gasteiger partial charge in [-0.1, -0.05) is 48.5 Å². The predicted octanol–water partition coefficient (Wildman–Crippen LogP) is 4.23. The number of sulfonamides is 1. The molecule has 4 aromatic rings. The molecule has 8 heteroatoms. The van der Waals surface area contributed by atoms with Crippen molar-refractivity contribution in [2.75, 3.05) is 6.54 Å². The first-order valence-electron chi connectivity index (χ1n) is 10.8. The van der Waals surface area contributed by atoms with Crippen LogP contribution in [0.3, 0.4) is 0 Å². The third-order valence-electron chi connectivity index (χ3n) is 5.09. The van der Waals surface area contributed by atoms with Crippen LogP contribution in [0.4, 0.5) is 0 Å². The summed E-state index contributed by atoms with van der Waals surface area (Å²) >= 11 is 0. The molecule has 1 aromatic heterocycles. The second kappa shape index (κ2) is 10.9. The maximum absolute atomic E-state index is 12.5. The highest BCUT2D eigenvalue weighted by molar-refractivity contribution is 7.89. The lowest BCUT2D eigenvalue weighted by Gasteiger charge is -2.09. The quantitative estimate of drug-likeness (QED) is 0.344. The minimum Gasteiger partial charge on any atom is -0.487 e. The average Bonchev–Trinajstić information content (AvgIpc) is 2.87. The molecule has 0 spiro atoms. The van der Waals surface area contributed by atoms with E-state index >= 15 is 0 Å². The Labute approximate surface area is 198 Å². The number of esters is 1. The van der Waals surface area contributed by atoms with Crippen LogP contribution in [0.1, 0.15) is 17.7 Å². The lowest BCUT2D eigenvalue weighted by molar-refractivity contribution is -0.144. The lowest BCUT2D eigenvalue weighted by Crippen LogP contribution is -2.26. The van der Waals surface area contributed by atoms with E-state index < -0.39 is 16.0 Å². The molecule has 0 aliphatic carbocycles. The van der Waals surface area contributed by atoms with Crippen LogP contribution >= 0.6 is 0 Å². The molecular weight excluding hydrogens is 452 g/mol. The number of aromatic nitrogens is 1. The molecule has 4 rings (SSSR count). The van der Waals surface area contributed by atoms with E-state index in [0.29, 0.717) is 12.4 Å². The molecule has 0 radical (unpaired) electrons. The Bertz CT molecular complexity index is 1360. The zero-order valence-corrected chi connectivity index (χ0v) is 19.2. The second-order valence-corrected chi connectivity index (χ2v) is 9.34. The molecule has 1 N–H and O–H groups in total. The van der Waals surface area contributed by atoms with Gasteiger partial charge in [0.15, 0.2) is 0 Å². The summed E-state index contributed by atoms with van der Waals surface area (Å²) in [4.78, 5) is 16.4. The fourth-order valence-corrected chi connectivity index (χ4v) is 4.33. The summed E-state index contributed by atoms with van der Waals surface area (Å²) in [6.45, 7) is 0.412. The van der Waals surface area contributed by atoms with E-state index in [1.165, 1.54) is 0 Å². The Balaban J connectivity index is 1.21. The highest BCUT2D eigenvalue weighted by Crippen LogP contribution is 2.19. The molecule has 0 fully saturated rings. The molecule has 0 amide bonds. The van der Waals surface area contributed by atoms with Gasteiger partial charge in [-0.15, -0.1) is 0 Å². The van der Waals surface area contributed by atoms with Crippen molar-refractivity contribution in [2.24, 2.45) is 0 Å². The lowest BCUT2D eigenvalue weighted by atomic mass is 10.1. The van der Waals surface area contributed by atoms with Gasteiger partial charge in [0.2, 0.25) is 10.0 Å². The minimum atomic E-state index is -3.72. The Hall–Kier alpha value is -3.75. The number of ether oxygens (including phenoxy) is 2. The van der Waals surface area contributed by atoms with Gasteiger partial charge in [-0.25, -0.2) is 13.1 Å². The van der Waals surface area contributed by atoms with Crippen molar-refractivity contribution >= 4 is 26.8 Å². The Kier molecular flexibility index (Phi) is 7.51. The Morgan fingerprint density at radius 1 is 0.853 bits per heavy atom. The van der Waals surface area contributed by atoms with Gasteiger partial charge in [-0.2, -0.15) is 0 Å². The van der Waals surface area contributed by atoms with E-state index in [9.17, 15) is 13.2 Å². The van der Waals surface area contributed by atoms with E-state index in [4.69, 9.17) is 9.47 Å². The van der Waals surface area contributed by atoms with Crippen LogP contribution in [0.5, 0.6) is 5.75 Å². The maximum Gasteiger partial charge on any atom is 0.307 e. The number of nitrogens with one attached hydrogen (secondary N) is 1. The fraction of sp³-hybridized carbons (Fsp3) is 0.154. The first kappa shape index (κ1) is 23.4. The number of benzene rings is 3. The average molecular weight is 477 g/mol. The zero-order chi connectivity index (χ0) is 23.8. The van der Waals surface area contributed by atoms with Crippen molar-refractivity contribution in [1.82, 2.24) is 9.71 Å². The molecule has 0 saturated heterocycles. The summed E-state index contributed by atoms with van der Waals surface area (Å²) < 4.78 is 38.5. The van der Waals surface area contributed by atoms with E-state index in [0.717, 1.165) is 22.0 Å². The number of carbonyl (C=O) groups is 1. The molecule has 0 saturated carbocycles. The second-order valence-electron chi connectivity index (χ2n) is 7.57. The molecule has 174 valence electrons. The van der Waals surface area contributed by atoms with Crippen molar-refractivity contribution in [1.29, 1.82) is 0 Å². The SMILES string of the molecule is O=C(CCNS(=O)(=O)c1ccc2ccccc2c1)OCc1ccc(OCc2ccccn2)cc1. The Morgan fingerprint density at radius 3 is 2.38 bits per heavy atom. The van der Waals surface area contributed by atoms with E-state index in [1.54, 1.807) is 36.5 Å². The molecule has 7 nitrogen and oxygen atoms in total. The standard InChI is InChI=1S/C26H24N2O5S/c29-26(14-16-28-34(30,31)25-13-10-21-5-1-2-6-22(21)17-25)33-18-20-8-11-24(12-9-20)32-19-23-7-3-4-15-27-23/h1-13,15,17,28H,14,16,18-19H2. The van der Waals surface area contributed by atoms with Crippen LogP contribution in [0.25, 0.3) is 10.8 Å². The molecule has 3 aromatic carbocycles. The fourth-order valence-electron chi connectivity index (χ4n) is 3.26. The monoisotopic (exact) mass is 476 g/mol. The number of rotatable bonds is 10. The van der Waals surface area contributed by atoms with Crippen LogP contribution in [0, 0.1) is 0 Å². The number of fused-ring (bicyclic) bond motifs is 1. The van der Waals surface area contributed by atoms with Gasteiger partial charge in [-0.05, 0) is 52.7 Å². The molecule has 34 heavy (non-hydrogen) atoms.